The number of carbonyl (C=O) groups excluding carboxylic acids is 1. The number of carbonyl (C=O) groups is 1. The molecular formula is C30H44N4O4S. The van der Waals surface area contributed by atoms with Gasteiger partial charge in [0.15, 0.2) is 0 Å². The Morgan fingerprint density at radius 1 is 1.00 bits per heavy atom. The fraction of sp³-hybridized carbons (Fsp3) is 0.567. The van der Waals surface area contributed by atoms with Crippen molar-refractivity contribution in [1.82, 2.24) is 15.1 Å². The van der Waals surface area contributed by atoms with Gasteiger partial charge in [0.2, 0.25) is 15.7 Å². The molecule has 1 aliphatic heterocycles. The molecule has 9 heteroatoms. The Morgan fingerprint density at radius 3 is 2.36 bits per heavy atom. The molecule has 39 heavy (non-hydrogen) atoms. The number of nitrogens with two attached hydrogens (primary N) is 1. The Kier molecular flexibility index (Phi) is 10.4. The Balaban J connectivity index is 1.33. The molecule has 3 N–H and O–H groups in total. The van der Waals surface area contributed by atoms with E-state index in [2.05, 4.69) is 22.0 Å². The summed E-state index contributed by atoms with van der Waals surface area (Å²) in [4.78, 5) is 17.1. The first kappa shape index (κ1) is 29.5. The van der Waals surface area contributed by atoms with E-state index in [1.165, 1.54) is 32.1 Å². The number of hydrogen-bond donors (Lipinski definition) is 2. The third-order valence-electron chi connectivity index (χ3n) is 8.19. The molecule has 0 radical (unpaired) electrons. The summed E-state index contributed by atoms with van der Waals surface area (Å²) in [5, 5.41) is 2.78. The lowest BCUT2D eigenvalue weighted by Gasteiger charge is -2.42. The van der Waals surface area contributed by atoms with Gasteiger partial charge in [-0.1, -0.05) is 37.5 Å². The van der Waals surface area contributed by atoms with Gasteiger partial charge in [0, 0.05) is 50.7 Å². The summed E-state index contributed by atoms with van der Waals surface area (Å²) in [6, 6.07) is 14.8. The van der Waals surface area contributed by atoms with Crippen LogP contribution in [0.4, 0.5) is 0 Å². The second-order valence-corrected chi connectivity index (χ2v) is 12.8. The Labute approximate surface area is 233 Å². The van der Waals surface area contributed by atoms with Crippen LogP contribution >= 0.6 is 0 Å². The second-order valence-electron chi connectivity index (χ2n) is 10.9. The lowest BCUT2D eigenvalue weighted by molar-refractivity contribution is -0.120. The predicted molar refractivity (Wildman–Crippen MR) is 154 cm³/mol. The monoisotopic (exact) mass is 556 g/mol. The molecule has 1 saturated carbocycles. The minimum Gasteiger partial charge on any atom is -0.493 e. The highest BCUT2D eigenvalue weighted by Crippen LogP contribution is 2.29. The molecular weight excluding hydrogens is 512 g/mol. The van der Waals surface area contributed by atoms with Crippen LogP contribution in [0.1, 0.15) is 64.0 Å². The van der Waals surface area contributed by atoms with Gasteiger partial charge < -0.3 is 15.8 Å². The summed E-state index contributed by atoms with van der Waals surface area (Å²) < 4.78 is 32.5. The van der Waals surface area contributed by atoms with Crippen molar-refractivity contribution in [3.63, 3.8) is 0 Å². The van der Waals surface area contributed by atoms with E-state index in [9.17, 15) is 13.2 Å². The Morgan fingerprint density at radius 2 is 1.69 bits per heavy atom. The third-order valence-corrected chi connectivity index (χ3v) is 9.96. The Bertz CT molecular complexity index is 1170. The van der Waals surface area contributed by atoms with Crippen LogP contribution in [0.5, 0.6) is 5.75 Å². The molecule has 2 atom stereocenters. The molecule has 2 aromatic carbocycles. The van der Waals surface area contributed by atoms with Crippen LogP contribution in [-0.2, 0) is 14.6 Å². The first-order valence-electron chi connectivity index (χ1n) is 14.3. The van der Waals surface area contributed by atoms with E-state index in [4.69, 9.17) is 10.5 Å². The van der Waals surface area contributed by atoms with Gasteiger partial charge in [-0.2, -0.15) is 0 Å². The minimum absolute atomic E-state index is 0.0532. The number of piperazine rings is 1. The maximum atomic E-state index is 13.4. The fourth-order valence-electron chi connectivity index (χ4n) is 5.70. The average Bonchev–Trinajstić information content (AvgIpc) is 2.97. The van der Waals surface area contributed by atoms with Gasteiger partial charge in [0.1, 0.15) is 5.75 Å². The molecule has 2 aliphatic rings. The molecule has 2 fully saturated rings. The number of sulfone groups is 1. The molecule has 0 bridgehead atoms. The maximum Gasteiger partial charge on any atom is 0.233 e. The van der Waals surface area contributed by atoms with Crippen molar-refractivity contribution >= 4 is 15.7 Å². The van der Waals surface area contributed by atoms with Gasteiger partial charge in [-0.05, 0) is 62.6 Å². The van der Waals surface area contributed by atoms with Gasteiger partial charge in [-0.25, -0.2) is 8.42 Å². The largest absolute Gasteiger partial charge is 0.493 e. The quantitative estimate of drug-likeness (QED) is 0.434. The third kappa shape index (κ3) is 7.81. The number of rotatable bonds is 11. The van der Waals surface area contributed by atoms with E-state index in [0.29, 0.717) is 18.8 Å². The molecule has 1 aliphatic carbocycles. The van der Waals surface area contributed by atoms with Gasteiger partial charge in [-0.3, -0.25) is 14.6 Å². The van der Waals surface area contributed by atoms with Crippen LogP contribution < -0.4 is 15.8 Å². The van der Waals surface area contributed by atoms with E-state index in [0.717, 1.165) is 37.8 Å². The predicted octanol–water partition coefficient (Wildman–Crippen LogP) is 3.76. The molecule has 4 rings (SSSR count). The van der Waals surface area contributed by atoms with Crippen molar-refractivity contribution in [2.45, 2.75) is 80.3 Å². The molecule has 0 spiro atoms. The summed E-state index contributed by atoms with van der Waals surface area (Å²) in [6.07, 6.45) is 7.38. The van der Waals surface area contributed by atoms with Gasteiger partial charge in [-0.15, -0.1) is 0 Å². The fourth-order valence-corrected chi connectivity index (χ4v) is 6.99. The number of benzene rings is 2. The van der Waals surface area contributed by atoms with Crippen molar-refractivity contribution in [3.8, 4) is 5.75 Å². The summed E-state index contributed by atoms with van der Waals surface area (Å²) >= 11 is 0. The van der Waals surface area contributed by atoms with E-state index in [1.807, 2.05) is 19.1 Å². The number of ether oxygens (including phenoxy) is 1. The zero-order chi connectivity index (χ0) is 27.8. The highest BCUT2D eigenvalue weighted by molar-refractivity contribution is 7.91. The summed E-state index contributed by atoms with van der Waals surface area (Å²) in [7, 11) is -3.68. The van der Waals surface area contributed by atoms with Crippen LogP contribution in [0.3, 0.4) is 0 Å². The maximum absolute atomic E-state index is 13.4. The molecule has 214 valence electrons. The van der Waals surface area contributed by atoms with Crippen molar-refractivity contribution in [2.24, 2.45) is 5.73 Å². The van der Waals surface area contributed by atoms with E-state index in [-0.39, 0.29) is 34.3 Å². The number of nitrogens with zero attached hydrogens (tertiary/aromatic N) is 2. The van der Waals surface area contributed by atoms with Crippen molar-refractivity contribution in [1.29, 1.82) is 0 Å². The van der Waals surface area contributed by atoms with Crippen LogP contribution in [0.25, 0.3) is 0 Å². The molecule has 8 nitrogen and oxygen atoms in total. The van der Waals surface area contributed by atoms with Crippen LogP contribution in [0, 0.1) is 0 Å². The minimum atomic E-state index is -3.68. The van der Waals surface area contributed by atoms with Gasteiger partial charge >= 0.3 is 0 Å². The topological polar surface area (TPSA) is 105 Å². The standard InChI is InChI=1S/C30H44N4O4S/c1-23(32-30(35)22-31)15-20-38-27-9-6-10-29(21-27)39(36,37)28-13-11-25(12-14-28)24(2)33-16-18-34(19-17-33)26-7-4-3-5-8-26/h6,9-14,21,23-24,26H,3-5,7-8,15-20,22,31H2,1-2H3,(H,32,35)/t23-,24+/m1/s1. The van der Waals surface area contributed by atoms with Crippen LogP contribution in [0.2, 0.25) is 0 Å². The zero-order valence-corrected chi connectivity index (χ0v) is 24.2. The first-order valence-corrected chi connectivity index (χ1v) is 15.8. The van der Waals surface area contributed by atoms with E-state index < -0.39 is 9.84 Å². The van der Waals surface area contributed by atoms with Crippen molar-refractivity contribution in [3.05, 3.63) is 54.1 Å². The smallest absolute Gasteiger partial charge is 0.233 e. The lowest BCUT2D eigenvalue weighted by atomic mass is 9.93. The summed E-state index contributed by atoms with van der Waals surface area (Å²) in [5.41, 5.74) is 6.46. The number of nitrogens with one attached hydrogen (secondary N) is 1. The SMILES string of the molecule is C[C@H](CCOc1cccc(S(=O)(=O)c2ccc([C@H](C)N3CCN(C4CCCCC4)CC3)cc2)c1)NC(=O)CN. The Hall–Kier alpha value is -2.46. The van der Waals surface area contributed by atoms with Crippen molar-refractivity contribution in [2.75, 3.05) is 39.3 Å². The zero-order valence-electron chi connectivity index (χ0n) is 23.3. The summed E-state index contributed by atoms with van der Waals surface area (Å²) in [5.74, 6) is 0.263. The first-order chi connectivity index (χ1) is 18.8. The van der Waals surface area contributed by atoms with Gasteiger partial charge in [0.05, 0.1) is 22.9 Å². The molecule has 1 saturated heterocycles. The van der Waals surface area contributed by atoms with Crippen LogP contribution in [0.15, 0.2) is 58.3 Å². The summed E-state index contributed by atoms with van der Waals surface area (Å²) in [6.45, 7) is 8.69. The molecule has 0 unspecified atom stereocenters. The van der Waals surface area contributed by atoms with Crippen LogP contribution in [-0.4, -0.2) is 75.5 Å². The molecule has 0 aromatic heterocycles. The highest BCUT2D eigenvalue weighted by atomic mass is 32.2. The highest BCUT2D eigenvalue weighted by Gasteiger charge is 2.27. The molecule has 1 heterocycles. The number of hydrogen-bond acceptors (Lipinski definition) is 7. The lowest BCUT2D eigenvalue weighted by Crippen LogP contribution is -2.51. The second kappa shape index (κ2) is 13.7. The normalized spacial score (nSPS) is 19.4. The van der Waals surface area contributed by atoms with Gasteiger partial charge in [0.25, 0.3) is 0 Å². The molecule has 1 amide bonds. The van der Waals surface area contributed by atoms with Crippen molar-refractivity contribution < 1.29 is 17.9 Å². The van der Waals surface area contributed by atoms with E-state index in [1.54, 1.807) is 36.4 Å². The van der Waals surface area contributed by atoms with E-state index >= 15 is 0 Å². The average molecular weight is 557 g/mol. The number of amides is 1. The molecule has 2 aromatic rings.